The number of carbonyl (C=O) groups is 2. The molecule has 68 valence electrons. The summed E-state index contributed by atoms with van der Waals surface area (Å²) in [6.45, 7) is 1.27. The third-order valence-electron chi connectivity index (χ3n) is 1.91. The Hall–Kier alpha value is -0.900. The summed E-state index contributed by atoms with van der Waals surface area (Å²) in [4.78, 5) is 21.5. The van der Waals surface area contributed by atoms with Gasteiger partial charge in [0, 0.05) is 13.3 Å². The molecular formula is C8H12O4. The van der Waals surface area contributed by atoms with Crippen LogP contribution in [-0.2, 0) is 14.3 Å². The van der Waals surface area contributed by atoms with Gasteiger partial charge in [0.15, 0.2) is 5.78 Å². The molecule has 0 saturated heterocycles. The Labute approximate surface area is 70.5 Å². The molecule has 2 atom stereocenters. The van der Waals surface area contributed by atoms with E-state index in [2.05, 4.69) is 0 Å². The van der Waals surface area contributed by atoms with Crippen LogP contribution in [0.5, 0.6) is 0 Å². The van der Waals surface area contributed by atoms with E-state index in [9.17, 15) is 14.7 Å². The Kier molecular flexibility index (Phi) is 2.81. The van der Waals surface area contributed by atoms with Gasteiger partial charge in [0.25, 0.3) is 0 Å². The molecule has 4 nitrogen and oxygen atoms in total. The first-order valence-corrected chi connectivity index (χ1v) is 3.99. The zero-order valence-corrected chi connectivity index (χ0v) is 6.95. The van der Waals surface area contributed by atoms with Crippen LogP contribution < -0.4 is 0 Å². The first-order chi connectivity index (χ1) is 5.61. The molecule has 1 aliphatic carbocycles. The van der Waals surface area contributed by atoms with E-state index in [1.54, 1.807) is 0 Å². The summed E-state index contributed by atoms with van der Waals surface area (Å²) in [5.74, 6) is -0.679. The summed E-state index contributed by atoms with van der Waals surface area (Å²) >= 11 is 0. The summed E-state index contributed by atoms with van der Waals surface area (Å²) in [5.41, 5.74) is 0. The van der Waals surface area contributed by atoms with Gasteiger partial charge >= 0.3 is 5.97 Å². The number of aliphatic hydroxyl groups excluding tert-OH is 1. The zero-order valence-electron chi connectivity index (χ0n) is 6.95. The summed E-state index contributed by atoms with van der Waals surface area (Å²) < 4.78 is 4.76. The highest BCUT2D eigenvalue weighted by molar-refractivity contribution is 5.84. The van der Waals surface area contributed by atoms with Crippen LogP contribution in [-0.4, -0.2) is 29.1 Å². The van der Waals surface area contributed by atoms with Gasteiger partial charge in [-0.3, -0.25) is 9.59 Å². The minimum atomic E-state index is -1.11. The quantitative estimate of drug-likeness (QED) is 0.567. The molecule has 1 aliphatic rings. The number of esters is 1. The van der Waals surface area contributed by atoms with Gasteiger partial charge in [-0.05, 0) is 12.8 Å². The van der Waals surface area contributed by atoms with Crippen molar-refractivity contribution in [1.82, 2.24) is 0 Å². The van der Waals surface area contributed by atoms with Crippen molar-refractivity contribution >= 4 is 11.8 Å². The molecule has 0 aliphatic heterocycles. The van der Waals surface area contributed by atoms with Crippen molar-refractivity contribution in [1.29, 1.82) is 0 Å². The monoisotopic (exact) mass is 172 g/mol. The molecule has 0 aromatic rings. The highest BCUT2D eigenvalue weighted by Gasteiger charge is 2.31. The van der Waals surface area contributed by atoms with Crippen molar-refractivity contribution in [2.24, 2.45) is 0 Å². The zero-order chi connectivity index (χ0) is 9.14. The standard InChI is InChI=1S/C8H12O4/c1-5(9)12-7-4-2-3-6(10)8(7)11/h7-8,11H,2-4H2,1H3/t7-,8-/m0/s1. The summed E-state index contributed by atoms with van der Waals surface area (Å²) in [6.07, 6.45) is -0.0781. The van der Waals surface area contributed by atoms with Crippen LogP contribution in [0.25, 0.3) is 0 Å². The Balaban J connectivity index is 2.52. The van der Waals surface area contributed by atoms with Gasteiger partial charge in [0.1, 0.15) is 12.2 Å². The van der Waals surface area contributed by atoms with Crippen molar-refractivity contribution in [2.45, 2.75) is 38.4 Å². The molecule has 0 aromatic carbocycles. The van der Waals surface area contributed by atoms with Gasteiger partial charge in [-0.1, -0.05) is 0 Å². The lowest BCUT2D eigenvalue weighted by Gasteiger charge is -2.25. The topological polar surface area (TPSA) is 63.6 Å². The number of ketones is 1. The number of carbonyl (C=O) groups excluding carboxylic acids is 2. The molecule has 0 amide bonds. The second-order valence-electron chi connectivity index (χ2n) is 2.95. The van der Waals surface area contributed by atoms with E-state index in [0.717, 1.165) is 0 Å². The number of ether oxygens (including phenoxy) is 1. The second-order valence-corrected chi connectivity index (χ2v) is 2.95. The normalized spacial score (nSPS) is 30.0. The maximum atomic E-state index is 10.9. The minimum absolute atomic E-state index is 0.229. The van der Waals surface area contributed by atoms with Crippen molar-refractivity contribution in [3.05, 3.63) is 0 Å². The van der Waals surface area contributed by atoms with E-state index in [1.165, 1.54) is 6.92 Å². The highest BCUT2D eigenvalue weighted by atomic mass is 16.6. The minimum Gasteiger partial charge on any atom is -0.459 e. The lowest BCUT2D eigenvalue weighted by molar-refractivity contribution is -0.158. The largest absolute Gasteiger partial charge is 0.459 e. The molecule has 1 rings (SSSR count). The Morgan fingerprint density at radius 2 is 2.33 bits per heavy atom. The molecule has 4 heteroatoms. The average molecular weight is 172 g/mol. The van der Waals surface area contributed by atoms with Gasteiger partial charge in [0.2, 0.25) is 0 Å². The number of rotatable bonds is 1. The molecule has 1 N–H and O–H groups in total. The fourth-order valence-corrected chi connectivity index (χ4v) is 1.33. The predicted molar refractivity (Wildman–Crippen MR) is 40.4 cm³/mol. The van der Waals surface area contributed by atoms with Gasteiger partial charge in [-0.15, -0.1) is 0 Å². The van der Waals surface area contributed by atoms with Gasteiger partial charge in [0.05, 0.1) is 0 Å². The third-order valence-corrected chi connectivity index (χ3v) is 1.91. The molecule has 12 heavy (non-hydrogen) atoms. The van der Waals surface area contributed by atoms with Crippen molar-refractivity contribution in [3.8, 4) is 0 Å². The third kappa shape index (κ3) is 2.04. The van der Waals surface area contributed by atoms with E-state index in [1.807, 2.05) is 0 Å². The van der Waals surface area contributed by atoms with E-state index < -0.39 is 18.2 Å². The lowest BCUT2D eigenvalue weighted by Crippen LogP contribution is -2.40. The fourth-order valence-electron chi connectivity index (χ4n) is 1.33. The molecule has 0 bridgehead atoms. The molecule has 0 aromatic heterocycles. The van der Waals surface area contributed by atoms with Crippen LogP contribution in [0.3, 0.4) is 0 Å². The van der Waals surface area contributed by atoms with E-state index in [4.69, 9.17) is 4.74 Å². The molecule has 0 heterocycles. The molecule has 1 fully saturated rings. The fraction of sp³-hybridized carbons (Fsp3) is 0.750. The lowest BCUT2D eigenvalue weighted by atomic mass is 9.93. The summed E-state index contributed by atoms with van der Waals surface area (Å²) in [7, 11) is 0. The predicted octanol–water partition coefficient (Wildman–Crippen LogP) is 0.0320. The number of hydrogen-bond donors (Lipinski definition) is 1. The van der Waals surface area contributed by atoms with Crippen LogP contribution in [0, 0.1) is 0 Å². The maximum absolute atomic E-state index is 10.9. The highest BCUT2D eigenvalue weighted by Crippen LogP contribution is 2.18. The molecule has 1 saturated carbocycles. The Morgan fingerprint density at radius 3 is 2.92 bits per heavy atom. The SMILES string of the molecule is CC(=O)O[C@H]1CCCC(=O)[C@@H]1O. The number of aliphatic hydroxyl groups is 1. The summed E-state index contributed by atoms with van der Waals surface area (Å²) in [5, 5.41) is 9.26. The van der Waals surface area contributed by atoms with Crippen LogP contribution in [0.15, 0.2) is 0 Å². The second kappa shape index (κ2) is 3.67. The maximum Gasteiger partial charge on any atom is 0.303 e. The number of Topliss-reactive ketones (excluding diaryl/α,β-unsaturated/α-hetero) is 1. The molecule has 0 spiro atoms. The van der Waals surface area contributed by atoms with Gasteiger partial charge in [-0.2, -0.15) is 0 Å². The van der Waals surface area contributed by atoms with Crippen LogP contribution >= 0.6 is 0 Å². The molecular weight excluding hydrogens is 160 g/mol. The smallest absolute Gasteiger partial charge is 0.303 e. The first kappa shape index (κ1) is 9.19. The molecule has 0 unspecified atom stereocenters. The van der Waals surface area contributed by atoms with Crippen molar-refractivity contribution in [2.75, 3.05) is 0 Å². The van der Waals surface area contributed by atoms with Gasteiger partial charge in [-0.25, -0.2) is 0 Å². The first-order valence-electron chi connectivity index (χ1n) is 3.99. The van der Waals surface area contributed by atoms with Crippen molar-refractivity contribution < 1.29 is 19.4 Å². The van der Waals surface area contributed by atoms with E-state index in [0.29, 0.717) is 19.3 Å². The van der Waals surface area contributed by atoms with E-state index >= 15 is 0 Å². The Bertz CT molecular complexity index is 199. The average Bonchev–Trinajstić information content (AvgIpc) is 1.98. The van der Waals surface area contributed by atoms with E-state index in [-0.39, 0.29) is 5.78 Å². The van der Waals surface area contributed by atoms with Crippen LogP contribution in [0.2, 0.25) is 0 Å². The van der Waals surface area contributed by atoms with Crippen LogP contribution in [0.1, 0.15) is 26.2 Å². The van der Waals surface area contributed by atoms with Gasteiger partial charge < -0.3 is 9.84 Å². The van der Waals surface area contributed by atoms with Crippen molar-refractivity contribution in [3.63, 3.8) is 0 Å². The molecule has 0 radical (unpaired) electrons. The van der Waals surface area contributed by atoms with Crippen LogP contribution in [0.4, 0.5) is 0 Å². The summed E-state index contributed by atoms with van der Waals surface area (Å²) in [6, 6.07) is 0. The Morgan fingerprint density at radius 1 is 1.67 bits per heavy atom. The number of hydrogen-bond acceptors (Lipinski definition) is 4.